The zero-order chi connectivity index (χ0) is 21.2. The third-order valence-corrected chi connectivity index (χ3v) is 6.07. The standard InChI is InChI=1S/C21H26N2O5S/c1-5-17(15-7-9-16(27-3)10-8-15)22-21(24)20-13-23(29(4,25)26)18-12-14(2)6-11-19(18)28-20/h6-12,17,20H,5,13H2,1-4H3,(H,22,24)/t17-,20+/m1/s1. The smallest absolute Gasteiger partial charge is 0.263 e. The molecule has 2 aromatic carbocycles. The minimum Gasteiger partial charge on any atom is -0.497 e. The molecule has 0 saturated carbocycles. The minimum absolute atomic E-state index is 0.0693. The van der Waals surface area contributed by atoms with Gasteiger partial charge < -0.3 is 14.8 Å². The van der Waals surface area contributed by atoms with Crippen LogP contribution in [0, 0.1) is 6.92 Å². The summed E-state index contributed by atoms with van der Waals surface area (Å²) in [5.41, 5.74) is 2.31. The lowest BCUT2D eigenvalue weighted by Crippen LogP contribution is -2.51. The van der Waals surface area contributed by atoms with Crippen molar-refractivity contribution in [3.63, 3.8) is 0 Å². The average molecular weight is 419 g/mol. The molecule has 8 heteroatoms. The largest absolute Gasteiger partial charge is 0.497 e. The number of nitrogens with zero attached hydrogens (tertiary/aromatic N) is 1. The highest BCUT2D eigenvalue weighted by Crippen LogP contribution is 2.36. The average Bonchev–Trinajstić information content (AvgIpc) is 2.70. The fourth-order valence-corrected chi connectivity index (χ4v) is 4.24. The van der Waals surface area contributed by atoms with E-state index in [2.05, 4.69) is 5.32 Å². The van der Waals surface area contributed by atoms with E-state index in [4.69, 9.17) is 9.47 Å². The number of hydrogen-bond donors (Lipinski definition) is 1. The molecule has 0 aliphatic carbocycles. The molecule has 0 spiro atoms. The summed E-state index contributed by atoms with van der Waals surface area (Å²) in [5.74, 6) is 0.763. The van der Waals surface area contributed by atoms with Crippen molar-refractivity contribution in [1.29, 1.82) is 0 Å². The topological polar surface area (TPSA) is 84.9 Å². The van der Waals surface area contributed by atoms with Gasteiger partial charge in [-0.1, -0.05) is 25.1 Å². The molecule has 1 N–H and O–H groups in total. The second kappa shape index (κ2) is 8.32. The maximum atomic E-state index is 12.9. The van der Waals surface area contributed by atoms with Crippen LogP contribution in [0.1, 0.15) is 30.5 Å². The van der Waals surface area contributed by atoms with E-state index in [0.717, 1.165) is 23.1 Å². The van der Waals surface area contributed by atoms with Crippen LogP contribution in [0.25, 0.3) is 0 Å². The summed E-state index contributed by atoms with van der Waals surface area (Å²) in [6.45, 7) is 3.78. The van der Waals surface area contributed by atoms with Crippen LogP contribution in [-0.4, -0.2) is 40.3 Å². The molecule has 0 aromatic heterocycles. The molecule has 1 amide bonds. The van der Waals surface area contributed by atoms with E-state index in [0.29, 0.717) is 17.9 Å². The second-order valence-corrected chi connectivity index (χ2v) is 9.02. The number of amides is 1. The van der Waals surface area contributed by atoms with Gasteiger partial charge in [0.15, 0.2) is 6.10 Å². The molecule has 0 bridgehead atoms. The fraction of sp³-hybridized carbons (Fsp3) is 0.381. The first-order chi connectivity index (χ1) is 13.7. The van der Waals surface area contributed by atoms with E-state index in [9.17, 15) is 13.2 Å². The van der Waals surface area contributed by atoms with E-state index in [1.165, 1.54) is 4.31 Å². The number of sulfonamides is 1. The molecular weight excluding hydrogens is 392 g/mol. The normalized spacial score (nSPS) is 17.1. The summed E-state index contributed by atoms with van der Waals surface area (Å²) >= 11 is 0. The highest BCUT2D eigenvalue weighted by atomic mass is 32.2. The van der Waals surface area contributed by atoms with Crippen molar-refractivity contribution in [1.82, 2.24) is 5.32 Å². The molecule has 1 aliphatic heterocycles. The first kappa shape index (κ1) is 21.0. The maximum absolute atomic E-state index is 12.9. The molecule has 0 radical (unpaired) electrons. The van der Waals surface area contributed by atoms with Crippen LogP contribution in [0.4, 0.5) is 5.69 Å². The van der Waals surface area contributed by atoms with Gasteiger partial charge in [-0.25, -0.2) is 8.42 Å². The van der Waals surface area contributed by atoms with Crippen molar-refractivity contribution in [2.75, 3.05) is 24.2 Å². The number of anilines is 1. The summed E-state index contributed by atoms with van der Waals surface area (Å²) in [7, 11) is -1.96. The van der Waals surface area contributed by atoms with Gasteiger partial charge in [-0.2, -0.15) is 0 Å². The van der Waals surface area contributed by atoms with Gasteiger partial charge in [-0.15, -0.1) is 0 Å². The molecule has 29 heavy (non-hydrogen) atoms. The van der Waals surface area contributed by atoms with Crippen LogP contribution < -0.4 is 19.1 Å². The molecular formula is C21H26N2O5S. The van der Waals surface area contributed by atoms with E-state index >= 15 is 0 Å². The number of methoxy groups -OCH3 is 1. The van der Waals surface area contributed by atoms with Crippen molar-refractivity contribution in [3.8, 4) is 11.5 Å². The molecule has 0 saturated heterocycles. The Balaban J connectivity index is 1.82. The molecule has 156 valence electrons. The lowest BCUT2D eigenvalue weighted by Gasteiger charge is -2.34. The number of ether oxygens (including phenoxy) is 2. The number of carbonyl (C=O) groups is 1. The van der Waals surface area contributed by atoms with E-state index in [-0.39, 0.29) is 18.5 Å². The molecule has 2 atom stereocenters. The van der Waals surface area contributed by atoms with Crippen LogP contribution in [-0.2, 0) is 14.8 Å². The fourth-order valence-electron chi connectivity index (χ4n) is 3.33. The predicted molar refractivity (Wildman–Crippen MR) is 112 cm³/mol. The zero-order valence-electron chi connectivity index (χ0n) is 17.0. The number of nitrogens with one attached hydrogen (secondary N) is 1. The van der Waals surface area contributed by atoms with E-state index in [1.54, 1.807) is 19.2 Å². The Morgan fingerprint density at radius 1 is 1.28 bits per heavy atom. The molecule has 0 fully saturated rings. The Kier molecular flexibility index (Phi) is 6.02. The Bertz CT molecular complexity index is 989. The van der Waals surface area contributed by atoms with Crippen molar-refractivity contribution in [2.45, 2.75) is 32.4 Å². The van der Waals surface area contributed by atoms with Crippen molar-refractivity contribution in [3.05, 3.63) is 53.6 Å². The molecule has 3 rings (SSSR count). The number of hydrogen-bond acceptors (Lipinski definition) is 5. The first-order valence-corrected chi connectivity index (χ1v) is 11.3. The van der Waals surface area contributed by atoms with Gasteiger partial charge in [-0.05, 0) is 48.7 Å². The van der Waals surface area contributed by atoms with Gasteiger partial charge >= 0.3 is 0 Å². The number of benzene rings is 2. The SMILES string of the molecule is CC[C@@H](NC(=O)[C@@H]1CN(S(C)(=O)=O)c2cc(C)ccc2O1)c1ccc(OC)cc1. The predicted octanol–water partition coefficient (Wildman–Crippen LogP) is 2.80. The van der Waals surface area contributed by atoms with Crippen LogP contribution in [0.15, 0.2) is 42.5 Å². The summed E-state index contributed by atoms with van der Waals surface area (Å²) in [5, 5.41) is 2.98. The van der Waals surface area contributed by atoms with Crippen LogP contribution in [0.5, 0.6) is 11.5 Å². The van der Waals surface area contributed by atoms with Crippen molar-refractivity contribution >= 4 is 21.6 Å². The molecule has 1 aliphatic rings. The number of aryl methyl sites for hydroxylation is 1. The van der Waals surface area contributed by atoms with Gasteiger partial charge in [0.05, 0.1) is 31.6 Å². The number of carbonyl (C=O) groups excluding carboxylic acids is 1. The lowest BCUT2D eigenvalue weighted by atomic mass is 10.0. The minimum atomic E-state index is -3.56. The third kappa shape index (κ3) is 4.64. The zero-order valence-corrected chi connectivity index (χ0v) is 17.8. The maximum Gasteiger partial charge on any atom is 0.263 e. The number of rotatable bonds is 6. The van der Waals surface area contributed by atoms with Gasteiger partial charge in [0.1, 0.15) is 11.5 Å². The Hall–Kier alpha value is -2.74. The summed E-state index contributed by atoms with van der Waals surface area (Å²) < 4.78 is 36.9. The van der Waals surface area contributed by atoms with Crippen LogP contribution in [0.2, 0.25) is 0 Å². The Morgan fingerprint density at radius 2 is 1.97 bits per heavy atom. The second-order valence-electron chi connectivity index (χ2n) is 7.11. The highest BCUT2D eigenvalue weighted by molar-refractivity contribution is 7.92. The van der Waals surface area contributed by atoms with Crippen molar-refractivity contribution < 1.29 is 22.7 Å². The Morgan fingerprint density at radius 3 is 2.55 bits per heavy atom. The lowest BCUT2D eigenvalue weighted by molar-refractivity contribution is -0.128. The molecule has 1 heterocycles. The number of fused-ring (bicyclic) bond motifs is 1. The van der Waals surface area contributed by atoms with Gasteiger partial charge in [-0.3, -0.25) is 9.10 Å². The molecule has 7 nitrogen and oxygen atoms in total. The van der Waals surface area contributed by atoms with E-state index in [1.807, 2.05) is 44.2 Å². The summed E-state index contributed by atoms with van der Waals surface area (Å²) in [6, 6.07) is 12.5. The summed E-state index contributed by atoms with van der Waals surface area (Å²) in [6.07, 6.45) is 0.870. The van der Waals surface area contributed by atoms with E-state index < -0.39 is 16.1 Å². The quantitative estimate of drug-likeness (QED) is 0.780. The summed E-state index contributed by atoms with van der Waals surface area (Å²) in [4.78, 5) is 12.9. The third-order valence-electron chi connectivity index (χ3n) is 4.92. The van der Waals surface area contributed by atoms with Gasteiger partial charge in [0.2, 0.25) is 10.0 Å². The van der Waals surface area contributed by atoms with Crippen molar-refractivity contribution in [2.24, 2.45) is 0 Å². The van der Waals surface area contributed by atoms with Crippen LogP contribution in [0.3, 0.4) is 0 Å². The molecule has 0 unspecified atom stereocenters. The molecule has 2 aromatic rings. The first-order valence-electron chi connectivity index (χ1n) is 9.42. The monoisotopic (exact) mass is 418 g/mol. The van der Waals surface area contributed by atoms with Gasteiger partial charge in [0.25, 0.3) is 5.91 Å². The van der Waals surface area contributed by atoms with Crippen LogP contribution >= 0.6 is 0 Å². The highest BCUT2D eigenvalue weighted by Gasteiger charge is 2.35. The Labute approximate surface area is 171 Å². The van der Waals surface area contributed by atoms with Gasteiger partial charge in [0, 0.05) is 0 Å².